The van der Waals surface area contributed by atoms with E-state index in [1.54, 1.807) is 12.1 Å². The van der Waals surface area contributed by atoms with Gasteiger partial charge in [-0.15, -0.1) is 0 Å². The summed E-state index contributed by atoms with van der Waals surface area (Å²) in [6.45, 7) is 5.93. The number of carbonyl (C=O) groups is 1. The van der Waals surface area contributed by atoms with Crippen molar-refractivity contribution in [2.24, 2.45) is 0 Å². The highest BCUT2D eigenvalue weighted by molar-refractivity contribution is 6.05. The maximum absolute atomic E-state index is 12.5. The molecule has 0 unspecified atom stereocenters. The van der Waals surface area contributed by atoms with Gasteiger partial charge in [-0.1, -0.05) is 26.0 Å². The zero-order valence-corrected chi connectivity index (χ0v) is 15.8. The molecule has 1 aliphatic heterocycles. The van der Waals surface area contributed by atoms with E-state index in [1.165, 1.54) is 11.6 Å². The van der Waals surface area contributed by atoms with Crippen LogP contribution >= 0.6 is 0 Å². The zero-order valence-electron chi connectivity index (χ0n) is 15.8. The van der Waals surface area contributed by atoms with E-state index < -0.39 is 4.92 Å². The van der Waals surface area contributed by atoms with E-state index in [4.69, 9.17) is 0 Å². The van der Waals surface area contributed by atoms with Crippen molar-refractivity contribution < 1.29 is 9.72 Å². The van der Waals surface area contributed by atoms with Gasteiger partial charge in [-0.3, -0.25) is 14.9 Å². The van der Waals surface area contributed by atoms with Crippen molar-refractivity contribution in [3.8, 4) is 0 Å². The molecule has 0 aromatic heterocycles. The molecule has 6 nitrogen and oxygen atoms in total. The number of rotatable bonds is 6. The number of carbonyl (C=O) groups excluding carboxylic acids is 1. The lowest BCUT2D eigenvalue weighted by Crippen LogP contribution is -2.19. The van der Waals surface area contributed by atoms with Gasteiger partial charge in [0.25, 0.3) is 11.6 Å². The molecular formula is C21H25N3O3. The third-order valence-electron chi connectivity index (χ3n) is 5.23. The van der Waals surface area contributed by atoms with Gasteiger partial charge in [0.05, 0.1) is 4.92 Å². The fraction of sp³-hybridized carbons (Fsp3) is 0.381. The van der Waals surface area contributed by atoms with Gasteiger partial charge in [0, 0.05) is 30.4 Å². The highest BCUT2D eigenvalue weighted by Gasteiger charge is 2.23. The Kier molecular flexibility index (Phi) is 5.74. The number of hydrogen-bond donors (Lipinski definition) is 1. The summed E-state index contributed by atoms with van der Waals surface area (Å²) in [5.74, 6) is 0.123. The SMILES string of the molecule is CC[C@H](C)c1ccc(NC(=O)c2ccc(N3CCCC3)c([N+](=O)[O-])c2)cc1. The van der Waals surface area contributed by atoms with Crippen LogP contribution < -0.4 is 10.2 Å². The van der Waals surface area contributed by atoms with E-state index in [2.05, 4.69) is 19.2 Å². The second-order valence-corrected chi connectivity index (χ2v) is 7.04. The molecule has 1 N–H and O–H groups in total. The lowest BCUT2D eigenvalue weighted by atomic mass is 9.98. The Labute approximate surface area is 159 Å². The third-order valence-corrected chi connectivity index (χ3v) is 5.23. The van der Waals surface area contributed by atoms with Gasteiger partial charge in [0.15, 0.2) is 0 Å². The van der Waals surface area contributed by atoms with Crippen LogP contribution in [0.3, 0.4) is 0 Å². The smallest absolute Gasteiger partial charge is 0.293 e. The molecule has 1 saturated heterocycles. The van der Waals surface area contributed by atoms with Crippen molar-refractivity contribution in [1.82, 2.24) is 0 Å². The average molecular weight is 367 g/mol. The molecule has 0 radical (unpaired) electrons. The minimum absolute atomic E-state index is 0.0170. The van der Waals surface area contributed by atoms with E-state index >= 15 is 0 Å². The van der Waals surface area contributed by atoms with Crippen LogP contribution in [0.2, 0.25) is 0 Å². The van der Waals surface area contributed by atoms with Crippen LogP contribution in [-0.4, -0.2) is 23.9 Å². The summed E-state index contributed by atoms with van der Waals surface area (Å²) < 4.78 is 0. The standard InChI is InChI=1S/C21H25N3O3/c1-3-15(2)16-6-9-18(10-7-16)22-21(25)17-8-11-19(20(14-17)24(26)27)23-12-4-5-13-23/h6-11,14-15H,3-5,12-13H2,1-2H3,(H,22,25)/t15-/m0/s1. The van der Waals surface area contributed by atoms with Crippen molar-refractivity contribution in [2.75, 3.05) is 23.3 Å². The highest BCUT2D eigenvalue weighted by atomic mass is 16.6. The molecule has 2 aromatic rings. The highest BCUT2D eigenvalue weighted by Crippen LogP contribution is 2.32. The zero-order chi connectivity index (χ0) is 19.4. The molecule has 0 spiro atoms. The van der Waals surface area contributed by atoms with Crippen LogP contribution in [0.4, 0.5) is 17.1 Å². The lowest BCUT2D eigenvalue weighted by Gasteiger charge is -2.18. The van der Waals surface area contributed by atoms with Gasteiger partial charge in [-0.2, -0.15) is 0 Å². The van der Waals surface area contributed by atoms with Crippen LogP contribution in [0.25, 0.3) is 0 Å². The number of nitro groups is 1. The summed E-state index contributed by atoms with van der Waals surface area (Å²) >= 11 is 0. The van der Waals surface area contributed by atoms with E-state index in [0.29, 0.717) is 17.3 Å². The maximum Gasteiger partial charge on any atom is 0.293 e. The Hall–Kier alpha value is -2.89. The van der Waals surface area contributed by atoms with Crippen LogP contribution in [0, 0.1) is 10.1 Å². The monoisotopic (exact) mass is 367 g/mol. The summed E-state index contributed by atoms with van der Waals surface area (Å²) in [7, 11) is 0. The topological polar surface area (TPSA) is 75.5 Å². The van der Waals surface area contributed by atoms with Gasteiger partial charge in [0.1, 0.15) is 5.69 Å². The molecule has 1 amide bonds. The summed E-state index contributed by atoms with van der Waals surface area (Å²) in [6.07, 6.45) is 3.12. The molecule has 3 rings (SSSR count). The number of hydrogen-bond acceptors (Lipinski definition) is 4. The first-order valence-corrected chi connectivity index (χ1v) is 9.44. The fourth-order valence-electron chi connectivity index (χ4n) is 3.37. The van der Waals surface area contributed by atoms with Crippen LogP contribution in [0.5, 0.6) is 0 Å². The van der Waals surface area contributed by atoms with Gasteiger partial charge in [-0.05, 0) is 55.0 Å². The van der Waals surface area contributed by atoms with Crippen LogP contribution in [-0.2, 0) is 0 Å². The average Bonchev–Trinajstić information content (AvgIpc) is 3.22. The van der Waals surface area contributed by atoms with E-state index in [-0.39, 0.29) is 17.2 Å². The van der Waals surface area contributed by atoms with Crippen molar-refractivity contribution in [1.29, 1.82) is 0 Å². The van der Waals surface area contributed by atoms with Crippen molar-refractivity contribution in [2.45, 2.75) is 39.0 Å². The third kappa shape index (κ3) is 4.27. The van der Waals surface area contributed by atoms with Gasteiger partial charge in [-0.25, -0.2) is 0 Å². The normalized spacial score (nSPS) is 14.8. The molecule has 0 aliphatic carbocycles. The molecule has 1 fully saturated rings. The number of nitrogens with zero attached hydrogens (tertiary/aromatic N) is 2. The van der Waals surface area contributed by atoms with E-state index in [9.17, 15) is 14.9 Å². The molecule has 6 heteroatoms. The molecule has 142 valence electrons. The van der Waals surface area contributed by atoms with E-state index in [1.807, 2.05) is 29.2 Å². The lowest BCUT2D eigenvalue weighted by molar-refractivity contribution is -0.384. The molecule has 27 heavy (non-hydrogen) atoms. The summed E-state index contributed by atoms with van der Waals surface area (Å²) in [5.41, 5.74) is 2.76. The first-order valence-electron chi connectivity index (χ1n) is 9.44. The number of amides is 1. The van der Waals surface area contributed by atoms with Gasteiger partial charge >= 0.3 is 0 Å². The predicted molar refractivity (Wildman–Crippen MR) is 108 cm³/mol. The molecule has 1 heterocycles. The van der Waals surface area contributed by atoms with Crippen molar-refractivity contribution in [3.05, 3.63) is 63.7 Å². The molecule has 1 aliphatic rings. The maximum atomic E-state index is 12.5. The molecular weight excluding hydrogens is 342 g/mol. The van der Waals surface area contributed by atoms with Crippen LogP contribution in [0.1, 0.15) is 54.9 Å². The Bertz CT molecular complexity index is 827. The van der Waals surface area contributed by atoms with Crippen LogP contribution in [0.15, 0.2) is 42.5 Å². The predicted octanol–water partition coefficient (Wildman–Crippen LogP) is 4.96. The van der Waals surface area contributed by atoms with Gasteiger partial charge in [0.2, 0.25) is 0 Å². The molecule has 0 bridgehead atoms. The Morgan fingerprint density at radius 1 is 1.19 bits per heavy atom. The first kappa shape index (κ1) is 18.9. The number of anilines is 2. The molecule has 1 atom stereocenters. The number of nitro benzene ring substituents is 1. The largest absolute Gasteiger partial charge is 0.366 e. The summed E-state index contributed by atoms with van der Waals surface area (Å²) in [4.78, 5) is 25.6. The van der Waals surface area contributed by atoms with Crippen molar-refractivity contribution in [3.63, 3.8) is 0 Å². The Morgan fingerprint density at radius 3 is 2.44 bits per heavy atom. The second kappa shape index (κ2) is 8.20. The Morgan fingerprint density at radius 2 is 1.85 bits per heavy atom. The molecule has 2 aromatic carbocycles. The Balaban J connectivity index is 1.78. The second-order valence-electron chi connectivity index (χ2n) is 7.04. The first-order chi connectivity index (χ1) is 13.0. The summed E-state index contributed by atoms with van der Waals surface area (Å²) in [5, 5.41) is 14.3. The fourth-order valence-corrected chi connectivity index (χ4v) is 3.37. The van der Waals surface area contributed by atoms with Crippen molar-refractivity contribution >= 4 is 23.0 Å². The minimum atomic E-state index is -0.411. The van der Waals surface area contributed by atoms with Gasteiger partial charge < -0.3 is 10.2 Å². The number of benzene rings is 2. The minimum Gasteiger partial charge on any atom is -0.366 e. The molecule has 0 saturated carbocycles. The number of nitrogens with one attached hydrogen (secondary N) is 1. The van der Waals surface area contributed by atoms with E-state index in [0.717, 1.165) is 32.4 Å². The quantitative estimate of drug-likeness (QED) is 0.578. The summed E-state index contributed by atoms with van der Waals surface area (Å²) in [6, 6.07) is 12.5.